The highest BCUT2D eigenvalue weighted by molar-refractivity contribution is 5.96. The van der Waals surface area contributed by atoms with E-state index in [-0.39, 0.29) is 23.8 Å². The normalized spacial score (nSPS) is 18.9. The van der Waals surface area contributed by atoms with Crippen molar-refractivity contribution in [2.75, 3.05) is 31.6 Å². The number of piperidine rings is 1. The van der Waals surface area contributed by atoms with Crippen LogP contribution in [0, 0.1) is 5.41 Å². The van der Waals surface area contributed by atoms with Crippen molar-refractivity contribution in [2.45, 2.75) is 26.2 Å². The summed E-state index contributed by atoms with van der Waals surface area (Å²) < 4.78 is 5.80. The first-order valence-corrected chi connectivity index (χ1v) is 9.97. The minimum absolute atomic E-state index is 0.00868. The summed E-state index contributed by atoms with van der Waals surface area (Å²) in [6, 6.07) is 16.3. The Bertz CT molecular complexity index is 840. The van der Waals surface area contributed by atoms with Crippen LogP contribution < -0.4 is 10.1 Å². The number of urea groups is 1. The number of ether oxygens (including phenoxy) is 1. The minimum atomic E-state index is -0.369. The van der Waals surface area contributed by atoms with E-state index in [1.807, 2.05) is 30.3 Å². The molecule has 3 rings (SSSR count). The van der Waals surface area contributed by atoms with Crippen LogP contribution in [0.25, 0.3) is 0 Å². The fraction of sp³-hybridized carbons (Fsp3) is 0.391. The average molecular weight is 396 g/mol. The number of carbonyl (C=O) groups excluding carboxylic acids is 2. The molecule has 1 atom stereocenters. The molecule has 154 valence electrons. The lowest BCUT2D eigenvalue weighted by molar-refractivity contribution is 0.0319. The van der Waals surface area contributed by atoms with Crippen LogP contribution in [-0.2, 0) is 0 Å². The number of likely N-dealkylation sites (tertiary alicyclic amines) is 1. The Hall–Kier alpha value is -2.86. The van der Waals surface area contributed by atoms with Crippen molar-refractivity contribution in [3.05, 3.63) is 60.2 Å². The molecule has 1 heterocycles. The van der Waals surface area contributed by atoms with Crippen LogP contribution in [0.5, 0.6) is 5.75 Å². The van der Waals surface area contributed by atoms with Gasteiger partial charge in [-0.25, -0.2) is 4.79 Å². The Morgan fingerprint density at radius 3 is 2.69 bits per heavy atom. The quantitative estimate of drug-likeness (QED) is 0.694. The van der Waals surface area contributed by atoms with Gasteiger partial charge in [-0.05, 0) is 50.5 Å². The predicted octanol–water partition coefficient (Wildman–Crippen LogP) is 3.96. The second kappa shape index (κ2) is 9.56. The molecule has 1 fully saturated rings. The molecule has 6 heteroatoms. The van der Waals surface area contributed by atoms with E-state index in [2.05, 4.69) is 5.32 Å². The molecular formula is C23H28N2O4. The SMILES string of the molecule is CC(=O)c1cccc(NC(=O)N2CCCC(CO)(CCOc3ccccc3)C2)c1. The Morgan fingerprint density at radius 1 is 1.17 bits per heavy atom. The average Bonchev–Trinajstić information content (AvgIpc) is 2.75. The fourth-order valence-electron chi connectivity index (χ4n) is 3.71. The van der Waals surface area contributed by atoms with Gasteiger partial charge in [0.2, 0.25) is 0 Å². The topological polar surface area (TPSA) is 78.9 Å². The Kier molecular flexibility index (Phi) is 6.88. The third-order valence-corrected chi connectivity index (χ3v) is 5.45. The van der Waals surface area contributed by atoms with Gasteiger partial charge in [-0.1, -0.05) is 30.3 Å². The molecule has 0 aliphatic carbocycles. The summed E-state index contributed by atoms with van der Waals surface area (Å²) in [6.07, 6.45) is 2.35. The predicted molar refractivity (Wildman–Crippen MR) is 112 cm³/mol. The van der Waals surface area contributed by atoms with Gasteiger partial charge in [0.25, 0.3) is 0 Å². The molecule has 2 aromatic carbocycles. The minimum Gasteiger partial charge on any atom is -0.494 e. The smallest absolute Gasteiger partial charge is 0.321 e. The van der Waals surface area contributed by atoms with Gasteiger partial charge in [0.15, 0.2) is 5.78 Å². The van der Waals surface area contributed by atoms with Gasteiger partial charge < -0.3 is 20.1 Å². The summed E-state index contributed by atoms with van der Waals surface area (Å²) in [5.74, 6) is 0.758. The number of Topliss-reactive ketones (excluding diaryl/α,β-unsaturated/α-hetero) is 1. The number of nitrogens with one attached hydrogen (secondary N) is 1. The van der Waals surface area contributed by atoms with Crippen LogP contribution >= 0.6 is 0 Å². The molecule has 0 aromatic heterocycles. The van der Waals surface area contributed by atoms with E-state index in [1.165, 1.54) is 6.92 Å². The van der Waals surface area contributed by atoms with Crippen molar-refractivity contribution >= 4 is 17.5 Å². The van der Waals surface area contributed by atoms with E-state index in [9.17, 15) is 14.7 Å². The Balaban J connectivity index is 1.59. The van der Waals surface area contributed by atoms with Gasteiger partial charge >= 0.3 is 6.03 Å². The first-order valence-electron chi connectivity index (χ1n) is 9.97. The van der Waals surface area contributed by atoms with E-state index >= 15 is 0 Å². The molecule has 1 aliphatic rings. The van der Waals surface area contributed by atoms with E-state index in [0.29, 0.717) is 37.4 Å². The molecule has 0 spiro atoms. The maximum Gasteiger partial charge on any atom is 0.321 e. The van der Waals surface area contributed by atoms with Gasteiger partial charge in [0.05, 0.1) is 13.2 Å². The zero-order valence-electron chi connectivity index (χ0n) is 16.8. The molecule has 2 N–H and O–H groups in total. The molecule has 0 saturated carbocycles. The van der Waals surface area contributed by atoms with Crippen LogP contribution in [0.4, 0.5) is 10.5 Å². The number of aliphatic hydroxyl groups excluding tert-OH is 1. The number of anilines is 1. The lowest BCUT2D eigenvalue weighted by atomic mass is 9.78. The molecule has 2 amide bonds. The first-order chi connectivity index (χ1) is 14.0. The van der Waals surface area contributed by atoms with E-state index in [0.717, 1.165) is 18.6 Å². The Labute approximate surface area is 171 Å². The van der Waals surface area contributed by atoms with Crippen molar-refractivity contribution in [3.8, 4) is 5.75 Å². The van der Waals surface area contributed by atoms with E-state index in [1.54, 1.807) is 29.2 Å². The largest absolute Gasteiger partial charge is 0.494 e. The monoisotopic (exact) mass is 396 g/mol. The highest BCUT2D eigenvalue weighted by Gasteiger charge is 2.36. The maximum atomic E-state index is 12.8. The number of hydrogen-bond acceptors (Lipinski definition) is 4. The molecule has 1 unspecified atom stereocenters. The highest BCUT2D eigenvalue weighted by atomic mass is 16.5. The van der Waals surface area contributed by atoms with Crippen molar-refractivity contribution in [1.29, 1.82) is 0 Å². The number of para-hydroxylation sites is 1. The number of ketones is 1. The lowest BCUT2D eigenvalue weighted by Crippen LogP contribution is -2.49. The molecule has 2 aromatic rings. The molecule has 6 nitrogen and oxygen atoms in total. The number of hydrogen-bond donors (Lipinski definition) is 2. The van der Waals surface area contributed by atoms with Crippen LogP contribution in [0.2, 0.25) is 0 Å². The first kappa shape index (κ1) is 20.9. The van der Waals surface area contributed by atoms with E-state index < -0.39 is 0 Å². The van der Waals surface area contributed by atoms with Crippen LogP contribution in [-0.4, -0.2) is 48.1 Å². The number of nitrogens with zero attached hydrogens (tertiary/aromatic N) is 1. The van der Waals surface area contributed by atoms with Crippen LogP contribution in [0.3, 0.4) is 0 Å². The molecule has 0 radical (unpaired) electrons. The third kappa shape index (κ3) is 5.57. The number of aliphatic hydroxyl groups is 1. The van der Waals surface area contributed by atoms with Crippen molar-refractivity contribution in [1.82, 2.24) is 4.90 Å². The van der Waals surface area contributed by atoms with Crippen LogP contribution in [0.15, 0.2) is 54.6 Å². The van der Waals surface area contributed by atoms with Crippen molar-refractivity contribution < 1.29 is 19.4 Å². The van der Waals surface area contributed by atoms with Gasteiger partial charge in [0, 0.05) is 29.8 Å². The zero-order valence-corrected chi connectivity index (χ0v) is 16.8. The van der Waals surface area contributed by atoms with Gasteiger partial charge in [-0.3, -0.25) is 4.79 Å². The summed E-state index contributed by atoms with van der Waals surface area (Å²) in [4.78, 5) is 26.1. The van der Waals surface area contributed by atoms with Crippen molar-refractivity contribution in [3.63, 3.8) is 0 Å². The van der Waals surface area contributed by atoms with Gasteiger partial charge in [-0.2, -0.15) is 0 Å². The van der Waals surface area contributed by atoms with E-state index in [4.69, 9.17) is 4.74 Å². The molecule has 29 heavy (non-hydrogen) atoms. The molecular weight excluding hydrogens is 368 g/mol. The third-order valence-electron chi connectivity index (χ3n) is 5.45. The zero-order chi connectivity index (χ0) is 20.7. The van der Waals surface area contributed by atoms with Crippen molar-refractivity contribution in [2.24, 2.45) is 5.41 Å². The fourth-order valence-corrected chi connectivity index (χ4v) is 3.71. The summed E-state index contributed by atoms with van der Waals surface area (Å²) >= 11 is 0. The summed E-state index contributed by atoms with van der Waals surface area (Å²) in [5, 5.41) is 12.9. The van der Waals surface area contributed by atoms with Crippen LogP contribution in [0.1, 0.15) is 36.5 Å². The second-order valence-electron chi connectivity index (χ2n) is 7.66. The molecule has 1 aliphatic heterocycles. The number of amides is 2. The number of carbonyl (C=O) groups is 2. The Morgan fingerprint density at radius 2 is 1.97 bits per heavy atom. The summed E-state index contributed by atoms with van der Waals surface area (Å²) in [7, 11) is 0. The lowest BCUT2D eigenvalue weighted by Gasteiger charge is -2.41. The summed E-state index contributed by atoms with van der Waals surface area (Å²) in [6.45, 7) is 3.10. The molecule has 1 saturated heterocycles. The maximum absolute atomic E-state index is 12.8. The van der Waals surface area contributed by atoms with Gasteiger partial charge in [0.1, 0.15) is 5.75 Å². The number of rotatable bonds is 7. The highest BCUT2D eigenvalue weighted by Crippen LogP contribution is 2.33. The molecule has 0 bridgehead atoms. The van der Waals surface area contributed by atoms with Gasteiger partial charge in [-0.15, -0.1) is 0 Å². The second-order valence-corrected chi connectivity index (χ2v) is 7.66. The summed E-state index contributed by atoms with van der Waals surface area (Å²) in [5.41, 5.74) is 0.783. The number of benzene rings is 2. The standard InChI is InChI=1S/C23H28N2O4/c1-18(27)19-7-5-8-20(15-19)24-22(28)25-13-6-11-23(16-25,17-26)12-14-29-21-9-3-2-4-10-21/h2-5,7-10,15,26H,6,11-14,16-17H2,1H3,(H,24,28).